The molecule has 1 aliphatic carbocycles. The highest BCUT2D eigenvalue weighted by Gasteiger charge is 2.42. The Labute approximate surface area is 114 Å². The van der Waals surface area contributed by atoms with Crippen LogP contribution in [-0.4, -0.2) is 28.7 Å². The highest BCUT2D eigenvalue weighted by atomic mass is 32.2. The maximum atomic E-state index is 12.2. The average Bonchev–Trinajstić information content (AvgIpc) is 3.15. The molecule has 0 spiro atoms. The van der Waals surface area contributed by atoms with Gasteiger partial charge in [0.25, 0.3) is 0 Å². The van der Waals surface area contributed by atoms with E-state index in [9.17, 15) is 8.42 Å². The zero-order chi connectivity index (χ0) is 13.9. The summed E-state index contributed by atoms with van der Waals surface area (Å²) >= 11 is 0. The van der Waals surface area contributed by atoms with Gasteiger partial charge in [0, 0.05) is 20.3 Å². The van der Waals surface area contributed by atoms with Gasteiger partial charge in [-0.1, -0.05) is 12.1 Å². The minimum absolute atomic E-state index is 0.0760. The van der Waals surface area contributed by atoms with Gasteiger partial charge >= 0.3 is 0 Å². The average molecular weight is 284 g/mol. The molecule has 3 N–H and O–H groups in total. The van der Waals surface area contributed by atoms with Crippen molar-refractivity contribution in [3.8, 4) is 0 Å². The number of nitrogens with two attached hydrogens (primary N) is 1. The summed E-state index contributed by atoms with van der Waals surface area (Å²) in [4.78, 5) is 0.151. The lowest BCUT2D eigenvalue weighted by atomic mass is 10.0. The van der Waals surface area contributed by atoms with Gasteiger partial charge in [0.15, 0.2) is 0 Å². The van der Waals surface area contributed by atoms with E-state index < -0.39 is 10.0 Å². The SMILES string of the molecule is COCCC1(CNS(=O)(=O)c2ccccc2N)CC1. The summed E-state index contributed by atoms with van der Waals surface area (Å²) in [6.07, 6.45) is 2.97. The number of rotatable bonds is 7. The zero-order valence-corrected chi connectivity index (χ0v) is 11.9. The molecule has 0 radical (unpaired) electrons. The van der Waals surface area contributed by atoms with Gasteiger partial charge in [-0.2, -0.15) is 0 Å². The quantitative estimate of drug-likeness (QED) is 0.741. The predicted octanol–water partition coefficient (Wildman–Crippen LogP) is 1.36. The molecule has 6 heteroatoms. The van der Waals surface area contributed by atoms with Crippen LogP contribution in [0.1, 0.15) is 19.3 Å². The lowest BCUT2D eigenvalue weighted by molar-refractivity contribution is 0.173. The summed E-state index contributed by atoms with van der Waals surface area (Å²) in [6.45, 7) is 1.11. The third-order valence-corrected chi connectivity index (χ3v) is 5.11. The molecule has 0 aliphatic heterocycles. The van der Waals surface area contributed by atoms with Crippen molar-refractivity contribution in [2.24, 2.45) is 5.41 Å². The largest absolute Gasteiger partial charge is 0.398 e. The van der Waals surface area contributed by atoms with Crippen LogP contribution in [0, 0.1) is 5.41 Å². The van der Waals surface area contributed by atoms with Crippen molar-refractivity contribution in [1.29, 1.82) is 0 Å². The molecule has 0 unspecified atom stereocenters. The van der Waals surface area contributed by atoms with Gasteiger partial charge in [0.05, 0.1) is 5.69 Å². The fourth-order valence-electron chi connectivity index (χ4n) is 2.06. The van der Waals surface area contributed by atoms with Crippen LogP contribution in [0.25, 0.3) is 0 Å². The van der Waals surface area contributed by atoms with Crippen molar-refractivity contribution in [3.05, 3.63) is 24.3 Å². The van der Waals surface area contributed by atoms with E-state index >= 15 is 0 Å². The lowest BCUT2D eigenvalue weighted by Gasteiger charge is -2.16. The number of para-hydroxylation sites is 1. The molecule has 1 fully saturated rings. The summed E-state index contributed by atoms with van der Waals surface area (Å²) in [5, 5.41) is 0. The minimum Gasteiger partial charge on any atom is -0.398 e. The smallest absolute Gasteiger partial charge is 0.242 e. The van der Waals surface area contributed by atoms with Crippen molar-refractivity contribution in [2.45, 2.75) is 24.2 Å². The van der Waals surface area contributed by atoms with Gasteiger partial charge in [-0.25, -0.2) is 13.1 Å². The van der Waals surface area contributed by atoms with E-state index in [0.29, 0.717) is 13.2 Å². The van der Waals surface area contributed by atoms with E-state index in [4.69, 9.17) is 10.5 Å². The normalized spacial score (nSPS) is 17.3. The second-order valence-corrected chi connectivity index (χ2v) is 6.84. The fourth-order valence-corrected chi connectivity index (χ4v) is 3.35. The first-order chi connectivity index (χ1) is 8.99. The molecule has 0 atom stereocenters. The van der Waals surface area contributed by atoms with Gasteiger partial charge in [-0.15, -0.1) is 0 Å². The molecule has 0 bridgehead atoms. The number of benzene rings is 1. The number of nitrogen functional groups attached to an aromatic ring is 1. The van der Waals surface area contributed by atoms with E-state index in [1.54, 1.807) is 25.3 Å². The molecule has 1 saturated carbocycles. The first-order valence-corrected chi connectivity index (χ1v) is 7.81. The molecule has 2 rings (SSSR count). The Morgan fingerprint density at radius 3 is 2.63 bits per heavy atom. The summed E-state index contributed by atoms with van der Waals surface area (Å²) in [7, 11) is -1.87. The Kier molecular flexibility index (Phi) is 4.13. The maximum absolute atomic E-state index is 12.2. The van der Waals surface area contributed by atoms with Crippen LogP contribution in [0.3, 0.4) is 0 Å². The Hall–Kier alpha value is -1.11. The number of methoxy groups -OCH3 is 1. The standard InChI is InChI=1S/C13H20N2O3S/c1-18-9-8-13(6-7-13)10-15-19(16,17)12-5-3-2-4-11(12)14/h2-5,15H,6-10,14H2,1H3. The topological polar surface area (TPSA) is 81.4 Å². The van der Waals surface area contributed by atoms with E-state index in [-0.39, 0.29) is 16.0 Å². The maximum Gasteiger partial charge on any atom is 0.242 e. The zero-order valence-electron chi connectivity index (χ0n) is 11.1. The highest BCUT2D eigenvalue weighted by molar-refractivity contribution is 7.89. The monoisotopic (exact) mass is 284 g/mol. The van der Waals surface area contributed by atoms with Gasteiger partial charge in [-0.3, -0.25) is 0 Å². The van der Waals surface area contributed by atoms with Crippen LogP contribution in [0.5, 0.6) is 0 Å². The van der Waals surface area contributed by atoms with Gasteiger partial charge < -0.3 is 10.5 Å². The van der Waals surface area contributed by atoms with Gasteiger partial charge in [-0.05, 0) is 36.8 Å². The summed E-state index contributed by atoms with van der Waals surface area (Å²) < 4.78 is 32.1. The third-order valence-electron chi connectivity index (χ3n) is 3.64. The molecule has 106 valence electrons. The molecular weight excluding hydrogens is 264 g/mol. The predicted molar refractivity (Wildman–Crippen MR) is 74.2 cm³/mol. The van der Waals surface area contributed by atoms with Crippen LogP contribution in [0.2, 0.25) is 0 Å². The Morgan fingerprint density at radius 2 is 2.05 bits per heavy atom. The molecule has 1 aromatic carbocycles. The van der Waals surface area contributed by atoms with Crippen LogP contribution in [0.4, 0.5) is 5.69 Å². The summed E-state index contributed by atoms with van der Waals surface area (Å²) in [5.41, 5.74) is 6.05. The number of hydrogen-bond acceptors (Lipinski definition) is 4. The molecule has 0 amide bonds. The Bertz CT molecular complexity index is 539. The number of anilines is 1. The van der Waals surface area contributed by atoms with Crippen LogP contribution in [0.15, 0.2) is 29.2 Å². The van der Waals surface area contributed by atoms with E-state index in [1.165, 1.54) is 6.07 Å². The Balaban J connectivity index is 2.01. The molecule has 5 nitrogen and oxygen atoms in total. The lowest BCUT2D eigenvalue weighted by Crippen LogP contribution is -2.31. The molecule has 1 aliphatic rings. The first-order valence-electron chi connectivity index (χ1n) is 6.32. The summed E-state index contributed by atoms with van der Waals surface area (Å²) in [6, 6.07) is 6.50. The van der Waals surface area contributed by atoms with Crippen LogP contribution < -0.4 is 10.5 Å². The van der Waals surface area contributed by atoms with Gasteiger partial charge in [0.1, 0.15) is 4.90 Å². The van der Waals surface area contributed by atoms with E-state index in [2.05, 4.69) is 4.72 Å². The first kappa shape index (κ1) is 14.3. The molecule has 19 heavy (non-hydrogen) atoms. The molecule has 0 aromatic heterocycles. The fraction of sp³-hybridized carbons (Fsp3) is 0.538. The molecular formula is C13H20N2O3S. The van der Waals surface area contributed by atoms with Crippen molar-refractivity contribution < 1.29 is 13.2 Å². The second kappa shape index (κ2) is 5.48. The van der Waals surface area contributed by atoms with E-state index in [0.717, 1.165) is 19.3 Å². The second-order valence-electron chi connectivity index (χ2n) is 5.11. The molecule has 0 heterocycles. The number of ether oxygens (including phenoxy) is 1. The summed E-state index contributed by atoms with van der Waals surface area (Å²) in [5.74, 6) is 0. The number of sulfonamides is 1. The van der Waals surface area contributed by atoms with Gasteiger partial charge in [0.2, 0.25) is 10.0 Å². The van der Waals surface area contributed by atoms with Crippen molar-refractivity contribution in [1.82, 2.24) is 4.72 Å². The van der Waals surface area contributed by atoms with Crippen LogP contribution >= 0.6 is 0 Å². The van der Waals surface area contributed by atoms with Crippen LogP contribution in [-0.2, 0) is 14.8 Å². The highest BCUT2D eigenvalue weighted by Crippen LogP contribution is 2.48. The Morgan fingerprint density at radius 1 is 1.37 bits per heavy atom. The van der Waals surface area contributed by atoms with E-state index in [1.807, 2.05) is 0 Å². The van der Waals surface area contributed by atoms with Crippen molar-refractivity contribution in [2.75, 3.05) is 26.0 Å². The minimum atomic E-state index is -3.52. The number of hydrogen-bond donors (Lipinski definition) is 2. The van der Waals surface area contributed by atoms with Crippen molar-refractivity contribution in [3.63, 3.8) is 0 Å². The molecule has 1 aromatic rings. The third kappa shape index (κ3) is 3.46. The molecule has 0 saturated heterocycles. The number of nitrogens with one attached hydrogen (secondary N) is 1. The van der Waals surface area contributed by atoms with Crippen molar-refractivity contribution >= 4 is 15.7 Å².